The standard InChI is InChI=1S/C21H26BrN3O3S/c1-24(2)20(16-8-4-3-5-9-16)15-23-21(26)18-14-17(10-11-19(18)22)29(27,28)25-12-6-7-13-25/h3-5,8-11,14,20H,6-7,12-13,15H2,1-2H3,(H,23,26). The van der Waals surface area contributed by atoms with Gasteiger partial charge in [0.15, 0.2) is 0 Å². The number of likely N-dealkylation sites (N-methyl/N-ethyl adjacent to an activating group) is 1. The smallest absolute Gasteiger partial charge is 0.252 e. The minimum Gasteiger partial charge on any atom is -0.350 e. The van der Waals surface area contributed by atoms with E-state index in [1.165, 1.54) is 10.4 Å². The molecular formula is C21H26BrN3O3S. The van der Waals surface area contributed by atoms with Crippen LogP contribution in [0.25, 0.3) is 0 Å². The lowest BCUT2D eigenvalue weighted by atomic mass is 10.1. The number of carbonyl (C=O) groups excluding carboxylic acids is 1. The van der Waals surface area contributed by atoms with Crippen molar-refractivity contribution in [2.45, 2.75) is 23.8 Å². The summed E-state index contributed by atoms with van der Waals surface area (Å²) in [5.41, 5.74) is 1.41. The van der Waals surface area contributed by atoms with Crippen molar-refractivity contribution in [2.75, 3.05) is 33.7 Å². The Balaban J connectivity index is 1.78. The highest BCUT2D eigenvalue weighted by atomic mass is 79.9. The maximum atomic E-state index is 12.9. The number of carbonyl (C=O) groups is 1. The van der Waals surface area contributed by atoms with E-state index in [1.807, 2.05) is 49.3 Å². The molecule has 0 saturated carbocycles. The van der Waals surface area contributed by atoms with Crippen LogP contribution in [0.2, 0.25) is 0 Å². The Morgan fingerprint density at radius 2 is 1.79 bits per heavy atom. The van der Waals surface area contributed by atoms with E-state index >= 15 is 0 Å². The number of nitrogens with one attached hydrogen (secondary N) is 1. The largest absolute Gasteiger partial charge is 0.350 e. The Morgan fingerprint density at radius 3 is 2.41 bits per heavy atom. The zero-order valence-corrected chi connectivity index (χ0v) is 19.0. The van der Waals surface area contributed by atoms with Crippen LogP contribution < -0.4 is 5.32 Å². The lowest BCUT2D eigenvalue weighted by molar-refractivity contribution is 0.0941. The molecule has 1 fully saturated rings. The fourth-order valence-corrected chi connectivity index (χ4v) is 5.45. The minimum absolute atomic E-state index is 0.00967. The number of nitrogens with zero attached hydrogens (tertiary/aromatic N) is 2. The van der Waals surface area contributed by atoms with Gasteiger partial charge < -0.3 is 10.2 Å². The second-order valence-corrected chi connectivity index (χ2v) is 10.1. The van der Waals surface area contributed by atoms with E-state index in [9.17, 15) is 13.2 Å². The molecular weight excluding hydrogens is 454 g/mol. The van der Waals surface area contributed by atoms with Gasteiger partial charge in [-0.25, -0.2) is 8.42 Å². The van der Waals surface area contributed by atoms with Crippen molar-refractivity contribution in [1.82, 2.24) is 14.5 Å². The number of halogens is 1. The Kier molecular flexibility index (Phi) is 7.10. The topological polar surface area (TPSA) is 69.7 Å². The molecule has 156 valence electrons. The summed E-state index contributed by atoms with van der Waals surface area (Å²) in [4.78, 5) is 15.0. The molecule has 0 aliphatic carbocycles. The quantitative estimate of drug-likeness (QED) is 0.661. The van der Waals surface area contributed by atoms with Crippen molar-refractivity contribution < 1.29 is 13.2 Å². The van der Waals surface area contributed by atoms with Gasteiger partial charge in [-0.2, -0.15) is 4.31 Å². The van der Waals surface area contributed by atoms with Crippen molar-refractivity contribution in [3.63, 3.8) is 0 Å². The summed E-state index contributed by atoms with van der Waals surface area (Å²) in [6, 6.07) is 14.6. The maximum Gasteiger partial charge on any atom is 0.252 e. The van der Waals surface area contributed by atoms with E-state index in [-0.39, 0.29) is 16.8 Å². The third-order valence-corrected chi connectivity index (χ3v) is 7.74. The van der Waals surface area contributed by atoms with Gasteiger partial charge in [-0.05, 0) is 66.6 Å². The molecule has 2 aromatic rings. The average molecular weight is 480 g/mol. The number of rotatable bonds is 7. The van der Waals surface area contributed by atoms with Crippen LogP contribution in [0.5, 0.6) is 0 Å². The molecule has 1 aliphatic heterocycles. The highest BCUT2D eigenvalue weighted by Crippen LogP contribution is 2.26. The maximum absolute atomic E-state index is 12.9. The lowest BCUT2D eigenvalue weighted by Gasteiger charge is -2.25. The number of hydrogen-bond donors (Lipinski definition) is 1. The highest BCUT2D eigenvalue weighted by Gasteiger charge is 2.28. The molecule has 1 amide bonds. The first-order valence-electron chi connectivity index (χ1n) is 9.60. The molecule has 8 heteroatoms. The van der Waals surface area contributed by atoms with Gasteiger partial charge in [-0.1, -0.05) is 30.3 Å². The summed E-state index contributed by atoms with van der Waals surface area (Å²) < 4.78 is 27.7. The molecule has 0 aromatic heterocycles. The normalized spacial score (nSPS) is 16.1. The zero-order chi connectivity index (χ0) is 21.0. The Morgan fingerprint density at radius 1 is 1.14 bits per heavy atom. The third-order valence-electron chi connectivity index (χ3n) is 5.15. The average Bonchev–Trinajstić information content (AvgIpc) is 3.24. The molecule has 29 heavy (non-hydrogen) atoms. The SMILES string of the molecule is CN(C)C(CNC(=O)c1cc(S(=O)(=O)N2CCCC2)ccc1Br)c1ccccc1. The molecule has 1 heterocycles. The van der Waals surface area contributed by atoms with E-state index in [2.05, 4.69) is 21.2 Å². The zero-order valence-electron chi connectivity index (χ0n) is 16.6. The molecule has 1 atom stereocenters. The lowest BCUT2D eigenvalue weighted by Crippen LogP contribution is -2.35. The molecule has 2 aromatic carbocycles. The predicted molar refractivity (Wildman–Crippen MR) is 117 cm³/mol. The van der Waals surface area contributed by atoms with Crippen LogP contribution in [-0.2, 0) is 10.0 Å². The molecule has 0 bridgehead atoms. The van der Waals surface area contributed by atoms with Crippen molar-refractivity contribution in [3.05, 3.63) is 64.1 Å². The predicted octanol–water partition coefficient (Wildman–Crippen LogP) is 3.27. The minimum atomic E-state index is -3.57. The molecule has 3 rings (SSSR count). The number of hydrogen-bond acceptors (Lipinski definition) is 4. The molecule has 1 saturated heterocycles. The fourth-order valence-electron chi connectivity index (χ4n) is 3.47. The van der Waals surface area contributed by atoms with Crippen LogP contribution in [0.4, 0.5) is 0 Å². The van der Waals surface area contributed by atoms with E-state index in [0.717, 1.165) is 18.4 Å². The molecule has 1 unspecified atom stereocenters. The van der Waals surface area contributed by atoms with Gasteiger partial charge in [0.1, 0.15) is 0 Å². The monoisotopic (exact) mass is 479 g/mol. The number of amides is 1. The summed E-state index contributed by atoms with van der Waals surface area (Å²) >= 11 is 3.38. The van der Waals surface area contributed by atoms with Gasteiger partial charge >= 0.3 is 0 Å². The summed E-state index contributed by atoms with van der Waals surface area (Å²) in [5.74, 6) is -0.307. The summed E-state index contributed by atoms with van der Waals surface area (Å²) in [6.45, 7) is 1.47. The van der Waals surface area contributed by atoms with E-state index in [1.54, 1.807) is 12.1 Å². The fraction of sp³-hybridized carbons (Fsp3) is 0.381. The van der Waals surface area contributed by atoms with Crippen LogP contribution in [0.15, 0.2) is 57.9 Å². The summed E-state index contributed by atoms with van der Waals surface area (Å²) in [7, 11) is 0.348. The molecule has 0 spiro atoms. The van der Waals surface area contributed by atoms with Gasteiger partial charge in [-0.3, -0.25) is 4.79 Å². The first kappa shape index (κ1) is 22.0. The van der Waals surface area contributed by atoms with Crippen LogP contribution in [0.1, 0.15) is 34.8 Å². The first-order valence-corrected chi connectivity index (χ1v) is 11.8. The summed E-state index contributed by atoms with van der Waals surface area (Å²) in [6.07, 6.45) is 1.74. The Labute approximate surface area is 181 Å². The van der Waals surface area contributed by atoms with Crippen molar-refractivity contribution >= 4 is 31.9 Å². The molecule has 0 radical (unpaired) electrons. The van der Waals surface area contributed by atoms with Crippen LogP contribution in [0.3, 0.4) is 0 Å². The van der Waals surface area contributed by atoms with E-state index in [0.29, 0.717) is 29.7 Å². The molecule has 6 nitrogen and oxygen atoms in total. The van der Waals surface area contributed by atoms with Crippen molar-refractivity contribution in [1.29, 1.82) is 0 Å². The van der Waals surface area contributed by atoms with Gasteiger partial charge in [-0.15, -0.1) is 0 Å². The van der Waals surface area contributed by atoms with E-state index in [4.69, 9.17) is 0 Å². The Hall–Kier alpha value is -1.74. The van der Waals surface area contributed by atoms with Crippen LogP contribution in [0, 0.1) is 0 Å². The van der Waals surface area contributed by atoms with Crippen molar-refractivity contribution in [2.24, 2.45) is 0 Å². The highest BCUT2D eigenvalue weighted by molar-refractivity contribution is 9.10. The van der Waals surface area contributed by atoms with E-state index < -0.39 is 10.0 Å². The molecule has 1 N–H and O–H groups in total. The third kappa shape index (κ3) is 5.06. The van der Waals surface area contributed by atoms with Gasteiger partial charge in [0.2, 0.25) is 10.0 Å². The summed E-state index contributed by atoms with van der Waals surface area (Å²) in [5, 5.41) is 2.95. The van der Waals surface area contributed by atoms with Gasteiger partial charge in [0, 0.05) is 24.1 Å². The molecule has 1 aliphatic rings. The second kappa shape index (κ2) is 9.38. The number of benzene rings is 2. The number of sulfonamides is 1. The first-order chi connectivity index (χ1) is 13.8. The van der Waals surface area contributed by atoms with Crippen LogP contribution >= 0.6 is 15.9 Å². The van der Waals surface area contributed by atoms with Crippen molar-refractivity contribution in [3.8, 4) is 0 Å². The Bertz CT molecular complexity index is 958. The van der Waals surface area contributed by atoms with Gasteiger partial charge in [0.25, 0.3) is 5.91 Å². The van der Waals surface area contributed by atoms with Crippen LogP contribution in [-0.4, -0.2) is 57.3 Å². The van der Waals surface area contributed by atoms with Gasteiger partial charge in [0.05, 0.1) is 16.5 Å². The second-order valence-electron chi connectivity index (χ2n) is 7.35.